The summed E-state index contributed by atoms with van der Waals surface area (Å²) in [7, 11) is -3.25. The number of amides is 1. The maximum absolute atomic E-state index is 12.7. The molecule has 146 valence electrons. The quantitative estimate of drug-likeness (QED) is 0.710. The lowest BCUT2D eigenvalue weighted by molar-refractivity contribution is -0.128. The van der Waals surface area contributed by atoms with Crippen LogP contribution in [0.5, 0.6) is 5.75 Å². The molecule has 2 rings (SSSR count). The van der Waals surface area contributed by atoms with Crippen LogP contribution in [0, 0.1) is 0 Å². The number of rotatable bonds is 8. The van der Waals surface area contributed by atoms with Crippen LogP contribution in [-0.4, -0.2) is 26.7 Å². The van der Waals surface area contributed by atoms with Gasteiger partial charge < -0.3 is 10.1 Å². The largest absolute Gasteiger partial charge is 0.481 e. The van der Waals surface area contributed by atoms with Gasteiger partial charge in [-0.15, -0.1) is 0 Å². The molecule has 1 N–H and O–H groups in total. The van der Waals surface area contributed by atoms with Gasteiger partial charge in [-0.25, -0.2) is 8.42 Å². The molecular formula is C20H24ClNO4S. The molecule has 0 heterocycles. The van der Waals surface area contributed by atoms with Crippen LogP contribution in [-0.2, 0) is 14.6 Å². The smallest absolute Gasteiger partial charge is 0.261 e. The third-order valence-electron chi connectivity index (χ3n) is 4.19. The summed E-state index contributed by atoms with van der Waals surface area (Å²) >= 11 is 5.87. The highest BCUT2D eigenvalue weighted by atomic mass is 35.5. The molecule has 0 aliphatic heterocycles. The van der Waals surface area contributed by atoms with Gasteiger partial charge in [0.1, 0.15) is 5.75 Å². The molecule has 0 aromatic heterocycles. The van der Waals surface area contributed by atoms with Gasteiger partial charge >= 0.3 is 0 Å². The van der Waals surface area contributed by atoms with Crippen LogP contribution >= 0.6 is 11.6 Å². The van der Waals surface area contributed by atoms with Gasteiger partial charge in [-0.1, -0.05) is 37.6 Å². The number of halogens is 1. The summed E-state index contributed by atoms with van der Waals surface area (Å²) in [6.45, 7) is 3.83. The summed E-state index contributed by atoms with van der Waals surface area (Å²) < 4.78 is 29.0. The summed E-state index contributed by atoms with van der Waals surface area (Å²) in [5, 5.41) is 3.58. The van der Waals surface area contributed by atoms with Crippen LogP contribution in [0.4, 0.5) is 0 Å². The number of benzene rings is 2. The van der Waals surface area contributed by atoms with Crippen LogP contribution in [0.3, 0.4) is 0 Å². The highest BCUT2D eigenvalue weighted by Gasteiger charge is 2.22. The van der Waals surface area contributed by atoms with Crippen molar-refractivity contribution >= 4 is 27.3 Å². The van der Waals surface area contributed by atoms with Crippen molar-refractivity contribution in [2.75, 3.05) is 6.26 Å². The fourth-order valence-corrected chi connectivity index (χ4v) is 3.39. The predicted molar refractivity (Wildman–Crippen MR) is 107 cm³/mol. The molecule has 0 aliphatic carbocycles. The first-order valence-corrected chi connectivity index (χ1v) is 11.0. The third-order valence-corrected chi connectivity index (χ3v) is 5.57. The van der Waals surface area contributed by atoms with Crippen molar-refractivity contribution in [3.8, 4) is 5.75 Å². The number of carbonyl (C=O) groups is 1. The number of nitrogens with one attached hydrogen (secondary N) is 1. The van der Waals surface area contributed by atoms with Crippen LogP contribution in [0.15, 0.2) is 53.4 Å². The van der Waals surface area contributed by atoms with Crippen molar-refractivity contribution in [1.82, 2.24) is 5.32 Å². The number of sulfone groups is 1. The Balaban J connectivity index is 2.09. The van der Waals surface area contributed by atoms with Gasteiger partial charge in [0.15, 0.2) is 15.9 Å². The normalized spacial score (nSPS) is 13.6. The number of hydrogen-bond acceptors (Lipinski definition) is 4. The molecule has 0 bridgehead atoms. The Labute approximate surface area is 165 Å². The fourth-order valence-electron chi connectivity index (χ4n) is 2.63. The lowest BCUT2D eigenvalue weighted by Gasteiger charge is -2.22. The molecule has 2 aromatic carbocycles. The molecule has 27 heavy (non-hydrogen) atoms. The van der Waals surface area contributed by atoms with Crippen LogP contribution in [0.25, 0.3) is 0 Å². The second-order valence-corrected chi connectivity index (χ2v) is 8.73. The molecule has 0 fully saturated rings. The molecule has 2 aromatic rings. The average molecular weight is 410 g/mol. The van der Waals surface area contributed by atoms with Crippen molar-refractivity contribution in [1.29, 1.82) is 0 Å². The minimum absolute atomic E-state index is 0.216. The van der Waals surface area contributed by atoms with E-state index in [9.17, 15) is 13.2 Å². The van der Waals surface area contributed by atoms with E-state index in [2.05, 4.69) is 5.32 Å². The van der Waals surface area contributed by atoms with Crippen molar-refractivity contribution < 1.29 is 17.9 Å². The Kier molecular flexibility index (Phi) is 7.27. The molecule has 0 radical (unpaired) electrons. The zero-order valence-electron chi connectivity index (χ0n) is 15.6. The minimum atomic E-state index is -3.25. The van der Waals surface area contributed by atoms with Gasteiger partial charge in [-0.2, -0.15) is 0 Å². The van der Waals surface area contributed by atoms with Gasteiger partial charge in [0.05, 0.1) is 10.9 Å². The molecule has 0 saturated carbocycles. The summed E-state index contributed by atoms with van der Waals surface area (Å²) in [6, 6.07) is 13.2. The summed E-state index contributed by atoms with van der Waals surface area (Å²) in [5.41, 5.74) is 0.847. The number of ether oxygens (including phenoxy) is 1. The monoisotopic (exact) mass is 409 g/mol. The Morgan fingerprint density at radius 3 is 2.11 bits per heavy atom. The lowest BCUT2D eigenvalue weighted by Crippen LogP contribution is -2.39. The van der Waals surface area contributed by atoms with E-state index in [-0.39, 0.29) is 16.8 Å². The first kappa shape index (κ1) is 21.3. The van der Waals surface area contributed by atoms with Crippen LogP contribution in [0.1, 0.15) is 38.3 Å². The van der Waals surface area contributed by atoms with E-state index < -0.39 is 15.9 Å². The topological polar surface area (TPSA) is 72.5 Å². The van der Waals surface area contributed by atoms with E-state index in [1.165, 1.54) is 6.26 Å². The summed E-state index contributed by atoms with van der Waals surface area (Å²) in [6.07, 6.45) is 1.72. The summed E-state index contributed by atoms with van der Waals surface area (Å²) in [5.74, 6) is 0.360. The van der Waals surface area contributed by atoms with E-state index in [0.717, 1.165) is 5.56 Å². The van der Waals surface area contributed by atoms with Crippen molar-refractivity contribution in [2.24, 2.45) is 0 Å². The molecule has 0 spiro atoms. The van der Waals surface area contributed by atoms with Crippen LogP contribution in [0.2, 0.25) is 5.02 Å². The molecule has 1 amide bonds. The van der Waals surface area contributed by atoms with Crippen molar-refractivity contribution in [3.05, 3.63) is 59.1 Å². The Morgan fingerprint density at radius 1 is 1.04 bits per heavy atom. The molecule has 0 aliphatic rings. The SMILES string of the molecule is CC[C@H](Oc1ccc(Cl)cc1)C(=O)N[C@H](CC)c1ccc(S(C)(=O)=O)cc1. The molecule has 0 saturated heterocycles. The van der Waals surface area contributed by atoms with Crippen LogP contribution < -0.4 is 10.1 Å². The maximum atomic E-state index is 12.7. The second-order valence-electron chi connectivity index (χ2n) is 6.28. The average Bonchev–Trinajstić information content (AvgIpc) is 2.64. The standard InChI is InChI=1S/C20H24ClNO4S/c1-4-18(14-6-12-17(13-7-14)27(3,24)25)22-20(23)19(5-2)26-16-10-8-15(21)9-11-16/h6-13,18-19H,4-5H2,1-3H3,(H,22,23)/t18-,19+/m1/s1. The van der Waals surface area contributed by atoms with E-state index in [4.69, 9.17) is 16.3 Å². The van der Waals surface area contributed by atoms with Crippen molar-refractivity contribution in [2.45, 2.75) is 43.7 Å². The highest BCUT2D eigenvalue weighted by molar-refractivity contribution is 7.90. The first-order chi connectivity index (χ1) is 12.7. The number of hydrogen-bond donors (Lipinski definition) is 1. The molecular weight excluding hydrogens is 386 g/mol. The Bertz CT molecular complexity index is 864. The predicted octanol–water partition coefficient (Wildman–Crippen LogP) is 4.17. The second kappa shape index (κ2) is 9.24. The molecule has 7 heteroatoms. The number of carbonyl (C=O) groups excluding carboxylic acids is 1. The summed E-state index contributed by atoms with van der Waals surface area (Å²) in [4.78, 5) is 12.9. The van der Waals surface area contributed by atoms with E-state index >= 15 is 0 Å². The van der Waals surface area contributed by atoms with Gasteiger partial charge in [0.25, 0.3) is 5.91 Å². The van der Waals surface area contributed by atoms with Gasteiger partial charge in [0, 0.05) is 11.3 Å². The molecule has 5 nitrogen and oxygen atoms in total. The van der Waals surface area contributed by atoms with Gasteiger partial charge in [-0.3, -0.25) is 4.79 Å². The van der Waals surface area contributed by atoms with Gasteiger partial charge in [-0.05, 0) is 54.8 Å². The zero-order valence-corrected chi connectivity index (χ0v) is 17.2. The van der Waals surface area contributed by atoms with Gasteiger partial charge in [0.2, 0.25) is 0 Å². The highest BCUT2D eigenvalue weighted by Crippen LogP contribution is 2.21. The van der Waals surface area contributed by atoms with E-state index in [1.54, 1.807) is 48.5 Å². The molecule has 0 unspecified atom stereocenters. The van der Waals surface area contributed by atoms with E-state index in [0.29, 0.717) is 23.6 Å². The van der Waals surface area contributed by atoms with E-state index in [1.807, 2.05) is 13.8 Å². The Morgan fingerprint density at radius 2 is 1.63 bits per heavy atom. The Hall–Kier alpha value is -2.05. The zero-order chi connectivity index (χ0) is 20.0. The molecule has 2 atom stereocenters. The lowest BCUT2D eigenvalue weighted by atomic mass is 10.0. The van der Waals surface area contributed by atoms with Crippen molar-refractivity contribution in [3.63, 3.8) is 0 Å². The maximum Gasteiger partial charge on any atom is 0.261 e. The minimum Gasteiger partial charge on any atom is -0.481 e. The third kappa shape index (κ3) is 5.97. The first-order valence-electron chi connectivity index (χ1n) is 8.77. The fraction of sp³-hybridized carbons (Fsp3) is 0.350.